The van der Waals surface area contributed by atoms with Crippen molar-refractivity contribution in [1.82, 2.24) is 14.3 Å². The number of nitrogens with one attached hydrogen (secondary N) is 1. The number of thiocarbonyl (C=S) groups is 1. The Morgan fingerprint density at radius 2 is 1.65 bits per heavy atom. The third-order valence-corrected chi connectivity index (χ3v) is 7.88. The molecule has 0 bridgehead atoms. The van der Waals surface area contributed by atoms with E-state index in [1.54, 1.807) is 55.1 Å². The number of anilines is 2. The number of carbonyl (C=O) groups is 3. The van der Waals surface area contributed by atoms with E-state index in [-0.39, 0.29) is 34.2 Å². The van der Waals surface area contributed by atoms with Gasteiger partial charge in [-0.15, -0.1) is 0 Å². The van der Waals surface area contributed by atoms with Crippen molar-refractivity contribution in [2.75, 3.05) is 23.3 Å². The highest BCUT2D eigenvalue weighted by Crippen LogP contribution is 2.44. The molecule has 5 rings (SSSR count). The number of carbonyl (C=O) groups excluding carboxylic acids is 3. The molecule has 0 spiro atoms. The topological polar surface area (TPSA) is 96.7 Å². The largest absolute Gasteiger partial charge is 0.318 e. The molecular formula is C26H23N5O4S2. The van der Waals surface area contributed by atoms with Crippen LogP contribution in [0.4, 0.5) is 11.4 Å². The predicted octanol–water partition coefficient (Wildman–Crippen LogP) is 3.06. The minimum absolute atomic E-state index is 0.139. The Labute approximate surface area is 222 Å². The fourth-order valence-electron chi connectivity index (χ4n) is 4.51. The maximum Gasteiger partial charge on any atom is 0.295 e. The van der Waals surface area contributed by atoms with Crippen molar-refractivity contribution in [2.24, 2.45) is 7.05 Å². The van der Waals surface area contributed by atoms with Crippen LogP contribution in [0.3, 0.4) is 0 Å². The lowest BCUT2D eigenvalue weighted by Crippen LogP contribution is -2.36. The van der Waals surface area contributed by atoms with Crippen molar-refractivity contribution < 1.29 is 14.4 Å². The molecule has 3 aromatic rings. The number of aromatic nitrogens is 2. The molecule has 1 fully saturated rings. The van der Waals surface area contributed by atoms with Crippen molar-refractivity contribution in [2.45, 2.75) is 13.8 Å². The lowest BCUT2D eigenvalue weighted by Gasteiger charge is -2.16. The van der Waals surface area contributed by atoms with Crippen LogP contribution in [0, 0.1) is 6.92 Å². The van der Waals surface area contributed by atoms with Crippen LogP contribution >= 0.6 is 24.0 Å². The first-order valence-corrected chi connectivity index (χ1v) is 12.8. The van der Waals surface area contributed by atoms with Gasteiger partial charge in [-0.3, -0.25) is 33.7 Å². The number of para-hydroxylation sites is 2. The summed E-state index contributed by atoms with van der Waals surface area (Å²) >= 11 is 6.42. The summed E-state index contributed by atoms with van der Waals surface area (Å²) < 4.78 is 3.53. The van der Waals surface area contributed by atoms with Crippen LogP contribution in [0.15, 0.2) is 64.3 Å². The zero-order chi connectivity index (χ0) is 26.4. The molecule has 3 heterocycles. The number of fused-ring (bicyclic) bond motifs is 1. The molecule has 0 radical (unpaired) electrons. The van der Waals surface area contributed by atoms with Crippen LogP contribution in [0.1, 0.15) is 18.2 Å². The Bertz CT molecular complexity index is 1570. The number of benzene rings is 2. The second-order valence-corrected chi connectivity index (χ2v) is 10.2. The van der Waals surface area contributed by atoms with Crippen molar-refractivity contribution in [1.29, 1.82) is 0 Å². The van der Waals surface area contributed by atoms with Gasteiger partial charge in [-0.05, 0) is 32.0 Å². The van der Waals surface area contributed by atoms with Crippen LogP contribution in [0.5, 0.6) is 0 Å². The highest BCUT2D eigenvalue weighted by atomic mass is 32.2. The quantitative estimate of drug-likeness (QED) is 0.400. The number of rotatable bonds is 5. The third-order valence-electron chi connectivity index (χ3n) is 6.44. The van der Waals surface area contributed by atoms with Gasteiger partial charge in [0.2, 0.25) is 5.91 Å². The van der Waals surface area contributed by atoms with Crippen LogP contribution in [-0.2, 0) is 21.4 Å². The number of amides is 3. The second kappa shape index (κ2) is 9.49. The summed E-state index contributed by atoms with van der Waals surface area (Å²) in [6.45, 7) is 3.63. The molecule has 0 unspecified atom stereocenters. The van der Waals surface area contributed by atoms with Gasteiger partial charge in [0.05, 0.1) is 27.5 Å². The van der Waals surface area contributed by atoms with E-state index in [1.807, 2.05) is 25.1 Å². The maximum atomic E-state index is 13.6. The predicted molar refractivity (Wildman–Crippen MR) is 148 cm³/mol. The highest BCUT2D eigenvalue weighted by molar-refractivity contribution is 8.26. The molecule has 0 saturated carbocycles. The molecule has 9 nitrogen and oxygen atoms in total. The lowest BCUT2D eigenvalue weighted by atomic mass is 10.1. The highest BCUT2D eigenvalue weighted by Gasteiger charge is 2.42. The van der Waals surface area contributed by atoms with E-state index in [1.165, 1.54) is 14.5 Å². The van der Waals surface area contributed by atoms with Crippen molar-refractivity contribution in [3.63, 3.8) is 0 Å². The van der Waals surface area contributed by atoms with Gasteiger partial charge < -0.3 is 5.32 Å². The fourth-order valence-corrected chi connectivity index (χ4v) is 5.97. The molecule has 1 aromatic heterocycles. The van der Waals surface area contributed by atoms with Gasteiger partial charge in [0.1, 0.15) is 16.6 Å². The smallest absolute Gasteiger partial charge is 0.295 e. The van der Waals surface area contributed by atoms with Gasteiger partial charge in [-0.25, -0.2) is 4.68 Å². The molecule has 2 aromatic carbocycles. The van der Waals surface area contributed by atoms with Crippen LogP contribution in [0.2, 0.25) is 0 Å². The monoisotopic (exact) mass is 533 g/mol. The zero-order valence-electron chi connectivity index (χ0n) is 20.3. The van der Waals surface area contributed by atoms with Gasteiger partial charge in [-0.2, -0.15) is 0 Å². The molecule has 3 amide bonds. The Hall–Kier alpha value is -3.96. The molecule has 188 valence electrons. The van der Waals surface area contributed by atoms with Gasteiger partial charge in [0.25, 0.3) is 17.4 Å². The summed E-state index contributed by atoms with van der Waals surface area (Å²) in [4.78, 5) is 55.9. The van der Waals surface area contributed by atoms with Gasteiger partial charge in [0.15, 0.2) is 0 Å². The standard InChI is InChI=1S/C26H23N5O4S2/c1-4-29-25(35)22(37-26(29)36)20-17-12-8-9-13-18(17)30(23(20)33)14-19(32)27-21-15(2)28(3)31(24(21)34)16-10-6-5-7-11-16/h5-13H,4,14H2,1-3H3,(H,27,32)/b22-20-. The minimum atomic E-state index is -0.531. The van der Waals surface area contributed by atoms with E-state index in [2.05, 4.69) is 5.32 Å². The van der Waals surface area contributed by atoms with Crippen molar-refractivity contribution >= 4 is 63.0 Å². The Kier molecular flexibility index (Phi) is 6.34. The van der Waals surface area contributed by atoms with E-state index >= 15 is 0 Å². The number of nitrogens with zero attached hydrogens (tertiary/aromatic N) is 4. The SMILES string of the molecule is CCN1C(=O)/C(=C2/C(=O)N(CC(=O)Nc3c(C)n(C)n(-c4ccccc4)c3=O)c3ccccc32)SC1=S. The average molecular weight is 534 g/mol. The summed E-state index contributed by atoms with van der Waals surface area (Å²) in [5.74, 6) is -1.31. The van der Waals surface area contributed by atoms with Crippen molar-refractivity contribution in [3.8, 4) is 5.69 Å². The molecule has 37 heavy (non-hydrogen) atoms. The lowest BCUT2D eigenvalue weighted by molar-refractivity contribution is -0.122. The maximum absolute atomic E-state index is 13.6. The van der Waals surface area contributed by atoms with E-state index in [4.69, 9.17) is 12.2 Å². The van der Waals surface area contributed by atoms with Crippen LogP contribution < -0.4 is 15.8 Å². The van der Waals surface area contributed by atoms with E-state index in [0.717, 1.165) is 11.8 Å². The van der Waals surface area contributed by atoms with E-state index in [0.29, 0.717) is 33.5 Å². The number of likely N-dealkylation sites (N-methyl/N-ethyl adjacent to an activating group) is 1. The fraction of sp³-hybridized carbons (Fsp3) is 0.192. The molecule has 1 N–H and O–H groups in total. The third kappa shape index (κ3) is 4.00. The molecule has 2 aliphatic heterocycles. The summed E-state index contributed by atoms with van der Waals surface area (Å²) in [5, 5.41) is 2.70. The zero-order valence-corrected chi connectivity index (χ0v) is 22.0. The Balaban J connectivity index is 1.46. The minimum Gasteiger partial charge on any atom is -0.318 e. The van der Waals surface area contributed by atoms with Gasteiger partial charge in [0, 0.05) is 19.2 Å². The Morgan fingerprint density at radius 1 is 0.973 bits per heavy atom. The summed E-state index contributed by atoms with van der Waals surface area (Å²) in [7, 11) is 1.73. The van der Waals surface area contributed by atoms with Gasteiger partial charge >= 0.3 is 0 Å². The molecule has 2 aliphatic rings. The first kappa shape index (κ1) is 24.7. The Morgan fingerprint density at radius 3 is 2.32 bits per heavy atom. The van der Waals surface area contributed by atoms with Gasteiger partial charge in [-0.1, -0.05) is 60.4 Å². The summed E-state index contributed by atoms with van der Waals surface area (Å²) in [5.41, 5.74) is 2.32. The number of hydrogen-bond acceptors (Lipinski definition) is 6. The van der Waals surface area contributed by atoms with Crippen LogP contribution in [0.25, 0.3) is 11.3 Å². The number of thioether (sulfide) groups is 1. The normalized spacial score (nSPS) is 17.1. The molecule has 1 saturated heterocycles. The first-order valence-electron chi connectivity index (χ1n) is 11.6. The first-order chi connectivity index (χ1) is 17.7. The van der Waals surface area contributed by atoms with Crippen LogP contribution in [-0.4, -0.2) is 49.4 Å². The summed E-state index contributed by atoms with van der Waals surface area (Å²) in [6.07, 6.45) is 0. The van der Waals surface area contributed by atoms with Crippen molar-refractivity contribution in [3.05, 3.63) is 81.1 Å². The summed E-state index contributed by atoms with van der Waals surface area (Å²) in [6, 6.07) is 16.1. The molecule has 11 heteroatoms. The van der Waals surface area contributed by atoms with E-state index in [9.17, 15) is 19.2 Å². The molecule has 0 aliphatic carbocycles. The molecular weight excluding hydrogens is 510 g/mol. The average Bonchev–Trinajstić information content (AvgIpc) is 3.41. The van der Waals surface area contributed by atoms with E-state index < -0.39 is 11.8 Å². The molecule has 0 atom stereocenters. The second-order valence-electron chi connectivity index (χ2n) is 8.51. The number of hydrogen-bond donors (Lipinski definition) is 1.